The summed E-state index contributed by atoms with van der Waals surface area (Å²) in [5.41, 5.74) is 3.41. The average molecular weight is 287 g/mol. The van der Waals surface area contributed by atoms with Crippen LogP contribution in [0.2, 0.25) is 0 Å². The SMILES string of the molecule is Cc1c(C=C=CN2CCOCC2)c(O)n(C)c(=O)c1C#N. The van der Waals surface area contributed by atoms with Gasteiger partial charge in [-0.25, -0.2) is 0 Å². The number of hydrogen-bond donors (Lipinski definition) is 1. The van der Waals surface area contributed by atoms with Crippen LogP contribution >= 0.6 is 0 Å². The predicted octanol–water partition coefficient (Wildman–Crippen LogP) is 0.729. The largest absolute Gasteiger partial charge is 0.494 e. The number of aromatic nitrogens is 1. The maximum absolute atomic E-state index is 11.8. The van der Waals surface area contributed by atoms with Crippen molar-refractivity contribution in [2.45, 2.75) is 6.92 Å². The first kappa shape index (κ1) is 14.9. The summed E-state index contributed by atoms with van der Waals surface area (Å²) in [5, 5.41) is 19.1. The minimum absolute atomic E-state index is 0.0368. The molecular weight excluding hydrogens is 270 g/mol. The number of morpholine rings is 1. The van der Waals surface area contributed by atoms with E-state index in [0.29, 0.717) is 24.3 Å². The fourth-order valence-electron chi connectivity index (χ4n) is 2.14. The van der Waals surface area contributed by atoms with Gasteiger partial charge >= 0.3 is 0 Å². The fourth-order valence-corrected chi connectivity index (χ4v) is 2.14. The second-order valence-corrected chi connectivity index (χ2v) is 4.80. The molecule has 0 bridgehead atoms. The zero-order valence-electron chi connectivity index (χ0n) is 12.1. The van der Waals surface area contributed by atoms with Gasteiger partial charge in [-0.1, -0.05) is 0 Å². The summed E-state index contributed by atoms with van der Waals surface area (Å²) in [5.74, 6) is -0.167. The van der Waals surface area contributed by atoms with E-state index < -0.39 is 5.56 Å². The molecule has 2 heterocycles. The number of ether oxygens (including phenoxy) is 1. The molecule has 1 aliphatic rings. The molecule has 1 saturated heterocycles. The summed E-state index contributed by atoms with van der Waals surface area (Å²) in [6, 6.07) is 1.88. The number of pyridine rings is 1. The molecule has 1 aliphatic heterocycles. The molecule has 0 unspecified atom stereocenters. The fraction of sp³-hybridized carbons (Fsp3) is 0.400. The van der Waals surface area contributed by atoms with E-state index in [4.69, 9.17) is 10.00 Å². The van der Waals surface area contributed by atoms with Gasteiger partial charge in [0.2, 0.25) is 5.88 Å². The molecule has 0 spiro atoms. The van der Waals surface area contributed by atoms with Crippen molar-refractivity contribution < 1.29 is 9.84 Å². The lowest BCUT2D eigenvalue weighted by Crippen LogP contribution is -2.31. The van der Waals surface area contributed by atoms with Crippen LogP contribution in [0.1, 0.15) is 16.7 Å². The number of aromatic hydroxyl groups is 1. The Bertz CT molecular complexity index is 700. The van der Waals surface area contributed by atoms with Crippen LogP contribution in [0, 0.1) is 18.3 Å². The Hall–Kier alpha value is -2.48. The van der Waals surface area contributed by atoms with Gasteiger partial charge in [0, 0.05) is 31.9 Å². The van der Waals surface area contributed by atoms with E-state index in [1.165, 1.54) is 7.05 Å². The summed E-state index contributed by atoms with van der Waals surface area (Å²) >= 11 is 0. The number of rotatable bonds is 2. The Morgan fingerprint density at radius 2 is 2.05 bits per heavy atom. The van der Waals surface area contributed by atoms with E-state index in [9.17, 15) is 9.90 Å². The van der Waals surface area contributed by atoms with Crippen LogP contribution in [0.3, 0.4) is 0 Å². The smallest absolute Gasteiger partial charge is 0.271 e. The average Bonchev–Trinajstić information content (AvgIpc) is 2.50. The van der Waals surface area contributed by atoms with E-state index in [2.05, 4.69) is 10.6 Å². The van der Waals surface area contributed by atoms with Crippen molar-refractivity contribution in [2.75, 3.05) is 26.3 Å². The molecule has 0 radical (unpaired) electrons. The molecule has 2 rings (SSSR count). The lowest BCUT2D eigenvalue weighted by Gasteiger charge is -2.24. The van der Waals surface area contributed by atoms with Crippen LogP contribution in [0.5, 0.6) is 5.88 Å². The molecule has 6 nitrogen and oxygen atoms in total. The van der Waals surface area contributed by atoms with E-state index in [1.54, 1.807) is 19.2 Å². The quantitative estimate of drug-likeness (QED) is 0.811. The van der Waals surface area contributed by atoms with Crippen LogP contribution in [0.4, 0.5) is 0 Å². The van der Waals surface area contributed by atoms with E-state index in [1.807, 2.05) is 6.07 Å². The monoisotopic (exact) mass is 287 g/mol. The highest BCUT2D eigenvalue weighted by atomic mass is 16.5. The molecule has 0 atom stereocenters. The van der Waals surface area contributed by atoms with Crippen LogP contribution in [-0.2, 0) is 11.8 Å². The Kier molecular flexibility index (Phi) is 4.49. The molecule has 0 aliphatic carbocycles. The van der Waals surface area contributed by atoms with Gasteiger partial charge in [0.05, 0.1) is 13.2 Å². The minimum Gasteiger partial charge on any atom is -0.494 e. The molecule has 1 fully saturated rings. The third-order valence-electron chi connectivity index (χ3n) is 3.50. The lowest BCUT2D eigenvalue weighted by atomic mass is 10.1. The summed E-state index contributed by atoms with van der Waals surface area (Å²) in [7, 11) is 1.43. The van der Waals surface area contributed by atoms with Crippen molar-refractivity contribution in [3.63, 3.8) is 0 Å². The first-order valence-electron chi connectivity index (χ1n) is 6.63. The summed E-state index contributed by atoms with van der Waals surface area (Å²) in [6.07, 6.45) is 3.37. The topological polar surface area (TPSA) is 78.5 Å². The Morgan fingerprint density at radius 1 is 1.38 bits per heavy atom. The molecule has 1 aromatic rings. The van der Waals surface area contributed by atoms with Gasteiger partial charge in [-0.15, -0.1) is 5.73 Å². The summed E-state index contributed by atoms with van der Waals surface area (Å²) in [6.45, 7) is 4.59. The van der Waals surface area contributed by atoms with Crippen molar-refractivity contribution in [3.05, 3.63) is 39.0 Å². The normalized spacial score (nSPS) is 14.2. The van der Waals surface area contributed by atoms with Crippen molar-refractivity contribution >= 4 is 6.08 Å². The van der Waals surface area contributed by atoms with Gasteiger partial charge < -0.3 is 14.7 Å². The van der Waals surface area contributed by atoms with Crippen molar-refractivity contribution in [1.82, 2.24) is 9.47 Å². The molecule has 1 N–H and O–H groups in total. The third kappa shape index (κ3) is 3.00. The van der Waals surface area contributed by atoms with E-state index in [0.717, 1.165) is 17.7 Å². The van der Waals surface area contributed by atoms with Gasteiger partial charge in [0.1, 0.15) is 11.6 Å². The van der Waals surface area contributed by atoms with Crippen LogP contribution < -0.4 is 5.56 Å². The predicted molar refractivity (Wildman–Crippen MR) is 77.7 cm³/mol. The molecule has 0 amide bonds. The first-order valence-corrected chi connectivity index (χ1v) is 6.63. The van der Waals surface area contributed by atoms with Crippen molar-refractivity contribution in [2.24, 2.45) is 7.05 Å². The number of nitrogens with zero attached hydrogens (tertiary/aromatic N) is 3. The maximum atomic E-state index is 11.8. The van der Waals surface area contributed by atoms with Crippen molar-refractivity contribution in [1.29, 1.82) is 5.26 Å². The highest BCUT2D eigenvalue weighted by molar-refractivity contribution is 5.61. The van der Waals surface area contributed by atoms with Crippen LogP contribution in [-0.4, -0.2) is 40.9 Å². The van der Waals surface area contributed by atoms with Crippen LogP contribution in [0.25, 0.3) is 6.08 Å². The summed E-state index contributed by atoms with van der Waals surface area (Å²) < 4.78 is 6.31. The molecule has 21 heavy (non-hydrogen) atoms. The zero-order chi connectivity index (χ0) is 15.4. The van der Waals surface area contributed by atoms with Gasteiger partial charge in [0.15, 0.2) is 0 Å². The van der Waals surface area contributed by atoms with Gasteiger partial charge in [0.25, 0.3) is 5.56 Å². The molecular formula is C15H17N3O3. The Balaban J connectivity index is 2.40. The zero-order valence-corrected chi connectivity index (χ0v) is 12.1. The number of hydrogen-bond acceptors (Lipinski definition) is 5. The molecule has 1 aromatic heterocycles. The highest BCUT2D eigenvalue weighted by Crippen LogP contribution is 2.21. The molecule has 0 aromatic carbocycles. The molecule has 6 heteroatoms. The van der Waals surface area contributed by atoms with Crippen molar-refractivity contribution in [3.8, 4) is 11.9 Å². The minimum atomic E-state index is -0.498. The first-order chi connectivity index (χ1) is 10.1. The Labute approximate surface area is 122 Å². The van der Waals surface area contributed by atoms with Gasteiger partial charge in [-0.3, -0.25) is 9.36 Å². The summed E-state index contributed by atoms with van der Waals surface area (Å²) in [4.78, 5) is 13.9. The molecule has 0 saturated carbocycles. The van der Waals surface area contributed by atoms with E-state index in [-0.39, 0.29) is 11.4 Å². The lowest BCUT2D eigenvalue weighted by molar-refractivity contribution is 0.0595. The number of nitriles is 1. The van der Waals surface area contributed by atoms with Gasteiger partial charge in [-0.05, 0) is 18.6 Å². The molecule has 110 valence electrons. The third-order valence-corrected chi connectivity index (χ3v) is 3.50. The van der Waals surface area contributed by atoms with Gasteiger partial charge in [-0.2, -0.15) is 5.26 Å². The second-order valence-electron chi connectivity index (χ2n) is 4.80. The van der Waals surface area contributed by atoms with E-state index >= 15 is 0 Å². The highest BCUT2D eigenvalue weighted by Gasteiger charge is 2.15. The standard InChI is InChI=1S/C15H17N3O3/c1-11-12(4-3-5-18-6-8-21-9-7-18)14(19)17(2)15(20)13(11)10-16/h4-5,19H,6-9H2,1-2H3. The van der Waals surface area contributed by atoms with Crippen LogP contribution in [0.15, 0.2) is 16.7 Å². The maximum Gasteiger partial charge on any atom is 0.271 e. The Morgan fingerprint density at radius 3 is 2.67 bits per heavy atom. The second kappa shape index (κ2) is 6.31.